The van der Waals surface area contributed by atoms with Gasteiger partial charge in [-0.15, -0.1) is 0 Å². The predicted molar refractivity (Wildman–Crippen MR) is 56.7 cm³/mol. The normalized spacial score (nSPS) is 22.0. The SMILES string of the molecule is CC(CCS(C)=O)N1CCCC1=N. The maximum Gasteiger partial charge on any atom is 0.0960 e. The van der Waals surface area contributed by atoms with Crippen molar-refractivity contribution in [2.75, 3.05) is 18.6 Å². The molecule has 0 bridgehead atoms. The lowest BCUT2D eigenvalue weighted by molar-refractivity contribution is 0.346. The molecule has 4 heteroatoms. The van der Waals surface area contributed by atoms with Gasteiger partial charge in [-0.3, -0.25) is 9.62 Å². The highest BCUT2D eigenvalue weighted by molar-refractivity contribution is 7.84. The molecule has 1 heterocycles. The number of nitrogens with zero attached hydrogens (tertiary/aromatic N) is 1. The third-order valence-corrected chi connectivity index (χ3v) is 3.33. The van der Waals surface area contributed by atoms with Crippen molar-refractivity contribution >= 4 is 16.6 Å². The summed E-state index contributed by atoms with van der Waals surface area (Å²) in [6.45, 7) is 3.13. The molecule has 0 spiro atoms. The zero-order valence-corrected chi connectivity index (χ0v) is 9.19. The van der Waals surface area contributed by atoms with Crippen molar-refractivity contribution in [3.8, 4) is 0 Å². The van der Waals surface area contributed by atoms with Crippen LogP contribution in [0.25, 0.3) is 0 Å². The van der Waals surface area contributed by atoms with Crippen LogP contribution in [0.3, 0.4) is 0 Å². The molecule has 2 unspecified atom stereocenters. The first kappa shape index (κ1) is 10.7. The van der Waals surface area contributed by atoms with Crippen LogP contribution in [0.4, 0.5) is 0 Å². The van der Waals surface area contributed by atoms with Gasteiger partial charge in [0, 0.05) is 41.8 Å². The summed E-state index contributed by atoms with van der Waals surface area (Å²) in [4.78, 5) is 2.13. The van der Waals surface area contributed by atoms with Gasteiger partial charge in [0.2, 0.25) is 0 Å². The molecule has 1 aliphatic rings. The second kappa shape index (κ2) is 4.74. The van der Waals surface area contributed by atoms with E-state index in [9.17, 15) is 4.21 Å². The third-order valence-electron chi connectivity index (χ3n) is 2.51. The van der Waals surface area contributed by atoms with E-state index in [2.05, 4.69) is 11.8 Å². The summed E-state index contributed by atoms with van der Waals surface area (Å²) in [5, 5.41) is 7.67. The lowest BCUT2D eigenvalue weighted by atomic mass is 10.2. The maximum atomic E-state index is 10.9. The summed E-state index contributed by atoms with van der Waals surface area (Å²) >= 11 is 0. The minimum Gasteiger partial charge on any atom is -0.358 e. The fourth-order valence-corrected chi connectivity index (χ4v) is 2.35. The Bertz CT molecular complexity index is 218. The third kappa shape index (κ3) is 3.10. The highest BCUT2D eigenvalue weighted by atomic mass is 32.2. The smallest absolute Gasteiger partial charge is 0.0960 e. The van der Waals surface area contributed by atoms with Gasteiger partial charge < -0.3 is 4.90 Å². The molecular weight excluding hydrogens is 184 g/mol. The van der Waals surface area contributed by atoms with Gasteiger partial charge >= 0.3 is 0 Å². The van der Waals surface area contributed by atoms with Crippen molar-refractivity contribution in [2.24, 2.45) is 0 Å². The van der Waals surface area contributed by atoms with Crippen LogP contribution in [-0.4, -0.2) is 39.5 Å². The van der Waals surface area contributed by atoms with E-state index in [1.54, 1.807) is 6.26 Å². The average molecular weight is 202 g/mol. The molecule has 0 aromatic carbocycles. The monoisotopic (exact) mass is 202 g/mol. The lowest BCUT2D eigenvalue weighted by Gasteiger charge is -2.25. The summed E-state index contributed by atoms with van der Waals surface area (Å²) in [6.07, 6.45) is 4.70. The number of hydrogen-bond acceptors (Lipinski definition) is 2. The fourth-order valence-electron chi connectivity index (χ4n) is 1.67. The van der Waals surface area contributed by atoms with Crippen LogP contribution in [-0.2, 0) is 10.8 Å². The van der Waals surface area contributed by atoms with E-state index in [0.717, 1.165) is 37.4 Å². The van der Waals surface area contributed by atoms with Crippen LogP contribution >= 0.6 is 0 Å². The molecule has 13 heavy (non-hydrogen) atoms. The van der Waals surface area contributed by atoms with Crippen molar-refractivity contribution in [2.45, 2.75) is 32.2 Å². The van der Waals surface area contributed by atoms with Gasteiger partial charge in [0.1, 0.15) is 0 Å². The second-order valence-corrected chi connectivity index (χ2v) is 5.21. The van der Waals surface area contributed by atoms with E-state index in [-0.39, 0.29) is 0 Å². The number of likely N-dealkylation sites (tertiary alicyclic amines) is 1. The quantitative estimate of drug-likeness (QED) is 0.745. The Labute approximate surface area is 82.5 Å². The molecule has 0 aliphatic carbocycles. The van der Waals surface area contributed by atoms with E-state index in [1.807, 2.05) is 0 Å². The van der Waals surface area contributed by atoms with Gasteiger partial charge in [-0.05, 0) is 19.8 Å². The summed E-state index contributed by atoms with van der Waals surface area (Å²) in [7, 11) is -0.695. The number of amidine groups is 1. The van der Waals surface area contributed by atoms with Crippen molar-refractivity contribution in [3.63, 3.8) is 0 Å². The Morgan fingerprint density at radius 1 is 1.69 bits per heavy atom. The molecule has 1 N–H and O–H groups in total. The molecule has 1 rings (SSSR count). The Morgan fingerprint density at radius 2 is 2.38 bits per heavy atom. The Hall–Kier alpha value is -0.380. The van der Waals surface area contributed by atoms with Gasteiger partial charge in [0.05, 0.1) is 5.84 Å². The molecule has 0 amide bonds. The number of hydrogen-bond donors (Lipinski definition) is 1. The first-order valence-corrected chi connectivity index (χ1v) is 6.48. The molecule has 3 nitrogen and oxygen atoms in total. The van der Waals surface area contributed by atoms with Crippen LogP contribution in [0.1, 0.15) is 26.2 Å². The Kier molecular flexibility index (Phi) is 3.90. The first-order valence-electron chi connectivity index (χ1n) is 4.75. The van der Waals surface area contributed by atoms with Crippen LogP contribution in [0.2, 0.25) is 0 Å². The summed E-state index contributed by atoms with van der Waals surface area (Å²) in [5.74, 6) is 1.51. The molecule has 1 saturated heterocycles. The lowest BCUT2D eigenvalue weighted by Crippen LogP contribution is -2.34. The maximum absolute atomic E-state index is 10.9. The topological polar surface area (TPSA) is 44.2 Å². The zero-order chi connectivity index (χ0) is 9.84. The van der Waals surface area contributed by atoms with E-state index in [1.165, 1.54) is 0 Å². The second-order valence-electron chi connectivity index (χ2n) is 3.66. The van der Waals surface area contributed by atoms with E-state index >= 15 is 0 Å². The van der Waals surface area contributed by atoms with E-state index < -0.39 is 10.8 Å². The molecule has 1 aliphatic heterocycles. The highest BCUT2D eigenvalue weighted by Gasteiger charge is 2.21. The van der Waals surface area contributed by atoms with Gasteiger partial charge in [-0.1, -0.05) is 0 Å². The van der Waals surface area contributed by atoms with Crippen LogP contribution in [0.15, 0.2) is 0 Å². The Morgan fingerprint density at radius 3 is 2.85 bits per heavy atom. The zero-order valence-electron chi connectivity index (χ0n) is 8.38. The van der Waals surface area contributed by atoms with Gasteiger partial charge in [0.15, 0.2) is 0 Å². The van der Waals surface area contributed by atoms with E-state index in [0.29, 0.717) is 6.04 Å². The molecule has 0 aromatic heterocycles. The van der Waals surface area contributed by atoms with Crippen molar-refractivity contribution in [1.29, 1.82) is 5.41 Å². The first-order chi connectivity index (χ1) is 6.11. The molecule has 1 fully saturated rings. The van der Waals surface area contributed by atoms with Gasteiger partial charge in [-0.25, -0.2) is 0 Å². The number of rotatable bonds is 4. The summed E-state index contributed by atoms with van der Waals surface area (Å²) in [6, 6.07) is 0.388. The van der Waals surface area contributed by atoms with E-state index in [4.69, 9.17) is 5.41 Å². The fraction of sp³-hybridized carbons (Fsp3) is 0.889. The highest BCUT2D eigenvalue weighted by Crippen LogP contribution is 2.15. The van der Waals surface area contributed by atoms with Crippen LogP contribution in [0, 0.1) is 5.41 Å². The molecule has 0 saturated carbocycles. The van der Waals surface area contributed by atoms with Crippen LogP contribution in [0.5, 0.6) is 0 Å². The van der Waals surface area contributed by atoms with Crippen molar-refractivity contribution < 1.29 is 4.21 Å². The standard InChI is InChI=1S/C9H18N2OS/c1-8(5-7-13(2)12)11-6-3-4-9(11)10/h8,10H,3-7H2,1-2H3. The summed E-state index contributed by atoms with van der Waals surface area (Å²) < 4.78 is 10.9. The molecule has 0 radical (unpaired) electrons. The number of nitrogens with one attached hydrogen (secondary N) is 1. The molecular formula is C9H18N2OS. The van der Waals surface area contributed by atoms with Gasteiger partial charge in [0.25, 0.3) is 0 Å². The summed E-state index contributed by atoms with van der Waals surface area (Å²) in [5.41, 5.74) is 0. The van der Waals surface area contributed by atoms with Crippen LogP contribution < -0.4 is 0 Å². The van der Waals surface area contributed by atoms with Crippen molar-refractivity contribution in [1.82, 2.24) is 4.90 Å². The average Bonchev–Trinajstić information content (AvgIpc) is 2.47. The molecule has 2 atom stereocenters. The van der Waals surface area contributed by atoms with Gasteiger partial charge in [-0.2, -0.15) is 0 Å². The largest absolute Gasteiger partial charge is 0.358 e. The minimum atomic E-state index is -0.695. The minimum absolute atomic E-state index is 0.388. The van der Waals surface area contributed by atoms with Crippen molar-refractivity contribution in [3.05, 3.63) is 0 Å². The molecule has 76 valence electrons. The molecule has 0 aromatic rings. The predicted octanol–water partition coefficient (Wildman–Crippen LogP) is 1.22. The Balaban J connectivity index is 2.34.